The van der Waals surface area contributed by atoms with E-state index < -0.39 is 5.60 Å². The van der Waals surface area contributed by atoms with E-state index in [1.54, 1.807) is 12.0 Å². The molecule has 2 aliphatic rings. The van der Waals surface area contributed by atoms with Crippen molar-refractivity contribution >= 4 is 36.0 Å². The Bertz CT molecular complexity index is 735. The van der Waals surface area contributed by atoms with E-state index in [1.165, 1.54) is 5.56 Å². The Labute approximate surface area is 190 Å². The van der Waals surface area contributed by atoms with Gasteiger partial charge in [0.1, 0.15) is 11.4 Å². The molecular formula is C21H33IN4O3. The fourth-order valence-corrected chi connectivity index (χ4v) is 3.65. The Kier molecular flexibility index (Phi) is 8.02. The number of rotatable bonds is 4. The van der Waals surface area contributed by atoms with E-state index in [0.717, 1.165) is 24.8 Å². The van der Waals surface area contributed by atoms with Crippen molar-refractivity contribution in [2.45, 2.75) is 45.3 Å². The van der Waals surface area contributed by atoms with Gasteiger partial charge in [-0.3, -0.25) is 4.99 Å². The third-order valence-electron chi connectivity index (χ3n) is 5.09. The maximum absolute atomic E-state index is 12.3. The van der Waals surface area contributed by atoms with Crippen molar-refractivity contribution < 1.29 is 14.3 Å². The van der Waals surface area contributed by atoms with Crippen molar-refractivity contribution in [2.24, 2.45) is 4.99 Å². The number of hydrogen-bond donors (Lipinski definition) is 1. The number of amides is 1. The van der Waals surface area contributed by atoms with Crippen LogP contribution in [-0.2, 0) is 4.74 Å². The Balaban J connectivity index is 0.00000300. The van der Waals surface area contributed by atoms with Crippen LogP contribution in [0.5, 0.6) is 5.75 Å². The van der Waals surface area contributed by atoms with E-state index in [1.807, 2.05) is 39.0 Å². The average Bonchev–Trinajstić information content (AvgIpc) is 3.07. The maximum atomic E-state index is 12.3. The quantitative estimate of drug-likeness (QED) is 0.623. The van der Waals surface area contributed by atoms with Crippen LogP contribution in [0, 0.1) is 0 Å². The van der Waals surface area contributed by atoms with E-state index in [0.29, 0.717) is 25.6 Å². The Morgan fingerprint density at radius 1 is 1.31 bits per heavy atom. The zero-order valence-electron chi connectivity index (χ0n) is 18.0. The number of nitrogens with zero attached hydrogens (tertiary/aromatic N) is 3. The summed E-state index contributed by atoms with van der Waals surface area (Å²) >= 11 is 0. The first kappa shape index (κ1) is 23.6. The topological polar surface area (TPSA) is 66.4 Å². The first-order chi connectivity index (χ1) is 13.3. The zero-order chi connectivity index (χ0) is 20.3. The van der Waals surface area contributed by atoms with Gasteiger partial charge in [0.2, 0.25) is 0 Å². The Hall–Kier alpha value is -1.71. The van der Waals surface area contributed by atoms with E-state index in [2.05, 4.69) is 28.2 Å². The normalized spacial score (nSPS) is 19.6. The lowest BCUT2D eigenvalue weighted by Gasteiger charge is -2.39. The minimum Gasteiger partial charge on any atom is -0.496 e. The van der Waals surface area contributed by atoms with Crippen molar-refractivity contribution in [2.75, 3.05) is 39.8 Å². The second-order valence-corrected chi connectivity index (χ2v) is 8.46. The zero-order valence-corrected chi connectivity index (χ0v) is 20.3. The molecule has 1 amide bonds. The highest BCUT2D eigenvalue weighted by Gasteiger charge is 2.36. The predicted molar refractivity (Wildman–Crippen MR) is 125 cm³/mol. The molecule has 162 valence electrons. The number of guanidine groups is 1. The van der Waals surface area contributed by atoms with Crippen LogP contribution in [0.3, 0.4) is 0 Å². The van der Waals surface area contributed by atoms with Crippen LogP contribution in [0.1, 0.15) is 39.2 Å². The molecule has 7 nitrogen and oxygen atoms in total. The minimum absolute atomic E-state index is 0. The molecule has 0 saturated carbocycles. The number of benzene rings is 1. The standard InChI is InChI=1S/C21H32N4O3.HI/c1-15(17-8-6-7-9-18(17)27-5)12-22-19-23-13-16-14-24(10-11-25(16)19)20(26)28-21(2,3)4;/h6-9,15-16H,10-14H2,1-5H3,(H,22,23);1H. The molecule has 0 aromatic heterocycles. The number of hydrogen-bond acceptors (Lipinski definition) is 6. The second kappa shape index (κ2) is 9.86. The largest absolute Gasteiger partial charge is 0.496 e. The van der Waals surface area contributed by atoms with Crippen LogP contribution in [0.25, 0.3) is 0 Å². The number of para-hydroxylation sites is 1. The Morgan fingerprint density at radius 2 is 2.03 bits per heavy atom. The van der Waals surface area contributed by atoms with Crippen molar-refractivity contribution in [3.8, 4) is 5.75 Å². The SMILES string of the molecule is COc1ccccc1C(C)CNC1=NCC2CN(C(=O)OC(C)(C)C)CCN12.I. The summed E-state index contributed by atoms with van der Waals surface area (Å²) in [6.45, 7) is 11.4. The summed E-state index contributed by atoms with van der Waals surface area (Å²) in [6.07, 6.45) is -0.238. The number of ether oxygens (including phenoxy) is 2. The van der Waals surface area contributed by atoms with Crippen molar-refractivity contribution in [3.63, 3.8) is 0 Å². The Morgan fingerprint density at radius 3 is 2.72 bits per heavy atom. The lowest BCUT2D eigenvalue weighted by Crippen LogP contribution is -2.57. The fraction of sp³-hybridized carbons (Fsp3) is 0.619. The summed E-state index contributed by atoms with van der Waals surface area (Å²) < 4.78 is 11.0. The van der Waals surface area contributed by atoms with Gasteiger partial charge < -0.3 is 24.6 Å². The molecule has 0 spiro atoms. The van der Waals surface area contributed by atoms with E-state index in [4.69, 9.17) is 9.47 Å². The summed E-state index contributed by atoms with van der Waals surface area (Å²) in [5, 5.41) is 3.50. The maximum Gasteiger partial charge on any atom is 0.410 e. The second-order valence-electron chi connectivity index (χ2n) is 8.46. The van der Waals surface area contributed by atoms with E-state index in [9.17, 15) is 4.79 Å². The van der Waals surface area contributed by atoms with Gasteiger partial charge in [0.15, 0.2) is 5.96 Å². The molecule has 3 rings (SSSR count). The number of halogens is 1. The summed E-state index contributed by atoms with van der Waals surface area (Å²) in [7, 11) is 1.70. The first-order valence-electron chi connectivity index (χ1n) is 9.94. The molecule has 8 heteroatoms. The molecular weight excluding hydrogens is 483 g/mol. The minimum atomic E-state index is -0.470. The van der Waals surface area contributed by atoms with Gasteiger partial charge in [-0.1, -0.05) is 25.1 Å². The van der Waals surface area contributed by atoms with Crippen LogP contribution in [-0.4, -0.2) is 73.3 Å². The molecule has 0 bridgehead atoms. The highest BCUT2D eigenvalue weighted by molar-refractivity contribution is 14.0. The molecule has 0 radical (unpaired) electrons. The smallest absolute Gasteiger partial charge is 0.410 e. The van der Waals surface area contributed by atoms with Gasteiger partial charge in [0.05, 0.1) is 19.7 Å². The summed E-state index contributed by atoms with van der Waals surface area (Å²) in [4.78, 5) is 21.1. The average molecular weight is 516 g/mol. The molecule has 1 aromatic carbocycles. The van der Waals surface area contributed by atoms with Gasteiger partial charge in [0, 0.05) is 32.1 Å². The van der Waals surface area contributed by atoms with Crippen molar-refractivity contribution in [3.05, 3.63) is 29.8 Å². The summed E-state index contributed by atoms with van der Waals surface area (Å²) in [6, 6.07) is 8.32. The van der Waals surface area contributed by atoms with Crippen LogP contribution in [0.4, 0.5) is 4.79 Å². The predicted octanol–water partition coefficient (Wildman–Crippen LogP) is 3.30. The van der Waals surface area contributed by atoms with E-state index in [-0.39, 0.29) is 36.1 Å². The van der Waals surface area contributed by atoms with Gasteiger partial charge in [0.25, 0.3) is 0 Å². The van der Waals surface area contributed by atoms with Crippen molar-refractivity contribution in [1.29, 1.82) is 0 Å². The highest BCUT2D eigenvalue weighted by Crippen LogP contribution is 2.26. The lowest BCUT2D eigenvalue weighted by atomic mass is 10.0. The van der Waals surface area contributed by atoms with E-state index >= 15 is 0 Å². The molecule has 1 N–H and O–H groups in total. The van der Waals surface area contributed by atoms with Gasteiger partial charge in [-0.05, 0) is 32.4 Å². The third-order valence-corrected chi connectivity index (χ3v) is 5.09. The molecule has 2 aliphatic heterocycles. The lowest BCUT2D eigenvalue weighted by molar-refractivity contribution is 0.0137. The fourth-order valence-electron chi connectivity index (χ4n) is 3.65. The van der Waals surface area contributed by atoms with Crippen molar-refractivity contribution in [1.82, 2.24) is 15.1 Å². The monoisotopic (exact) mass is 516 g/mol. The van der Waals surface area contributed by atoms with Crippen LogP contribution < -0.4 is 10.1 Å². The number of piperazine rings is 1. The molecule has 29 heavy (non-hydrogen) atoms. The molecule has 2 unspecified atom stereocenters. The summed E-state index contributed by atoms with van der Waals surface area (Å²) in [5.74, 6) is 2.13. The van der Waals surface area contributed by atoms with Gasteiger partial charge in [-0.15, -0.1) is 24.0 Å². The third kappa shape index (κ3) is 5.90. The molecule has 1 aromatic rings. The van der Waals surface area contributed by atoms with Gasteiger partial charge in [-0.2, -0.15) is 0 Å². The highest BCUT2D eigenvalue weighted by atomic mass is 127. The number of carbonyl (C=O) groups excluding carboxylic acids is 1. The molecule has 1 saturated heterocycles. The number of carbonyl (C=O) groups is 1. The van der Waals surface area contributed by atoms with Gasteiger partial charge in [-0.25, -0.2) is 4.79 Å². The number of nitrogens with one attached hydrogen (secondary N) is 1. The van der Waals surface area contributed by atoms with Crippen LogP contribution in [0.15, 0.2) is 29.3 Å². The number of aliphatic imine (C=N–C) groups is 1. The number of methoxy groups -OCH3 is 1. The molecule has 2 atom stereocenters. The molecule has 2 heterocycles. The summed E-state index contributed by atoms with van der Waals surface area (Å²) in [5.41, 5.74) is 0.712. The molecule has 1 fully saturated rings. The van der Waals surface area contributed by atoms with Gasteiger partial charge >= 0.3 is 6.09 Å². The molecule has 0 aliphatic carbocycles. The van der Waals surface area contributed by atoms with Crippen LogP contribution >= 0.6 is 24.0 Å². The first-order valence-corrected chi connectivity index (χ1v) is 9.94. The number of fused-ring (bicyclic) bond motifs is 1. The van der Waals surface area contributed by atoms with Crippen LogP contribution in [0.2, 0.25) is 0 Å².